The first-order valence-corrected chi connectivity index (χ1v) is 8.78. The van der Waals surface area contributed by atoms with Crippen molar-refractivity contribution in [2.45, 2.75) is 65.3 Å². The standard InChI is InChI=1S/C20H31N3O2/c1-13(18-12-23(20(4,5)6)22-14(18)2)21-15(3)19(24)16-8-10-17(25-7)11-9-16/h8-13,15,19,21,24H,1-7H3. The van der Waals surface area contributed by atoms with Crippen LogP contribution < -0.4 is 10.1 Å². The molecule has 0 bridgehead atoms. The van der Waals surface area contributed by atoms with Gasteiger partial charge < -0.3 is 15.2 Å². The van der Waals surface area contributed by atoms with Crippen LogP contribution in [0.15, 0.2) is 30.5 Å². The second-order valence-corrected chi connectivity index (χ2v) is 7.68. The SMILES string of the molecule is COc1ccc(C(O)C(C)NC(C)c2cn(C(C)(C)C)nc2C)cc1. The van der Waals surface area contributed by atoms with E-state index in [4.69, 9.17) is 4.74 Å². The molecule has 1 heterocycles. The number of ether oxygens (including phenoxy) is 1. The van der Waals surface area contributed by atoms with Gasteiger partial charge in [-0.15, -0.1) is 0 Å². The summed E-state index contributed by atoms with van der Waals surface area (Å²) in [5.74, 6) is 0.787. The fourth-order valence-corrected chi connectivity index (χ4v) is 2.91. The highest BCUT2D eigenvalue weighted by molar-refractivity contribution is 5.29. The highest BCUT2D eigenvalue weighted by Crippen LogP contribution is 2.25. The van der Waals surface area contributed by atoms with Crippen LogP contribution in [-0.2, 0) is 5.54 Å². The van der Waals surface area contributed by atoms with Crippen molar-refractivity contribution < 1.29 is 9.84 Å². The van der Waals surface area contributed by atoms with Crippen LogP contribution in [0, 0.1) is 6.92 Å². The van der Waals surface area contributed by atoms with Gasteiger partial charge >= 0.3 is 0 Å². The Morgan fingerprint density at radius 1 is 1.16 bits per heavy atom. The predicted octanol–water partition coefficient (Wildman–Crippen LogP) is 3.73. The first-order valence-electron chi connectivity index (χ1n) is 8.78. The van der Waals surface area contributed by atoms with E-state index in [0.717, 1.165) is 22.6 Å². The van der Waals surface area contributed by atoms with Gasteiger partial charge in [0.1, 0.15) is 5.75 Å². The molecule has 0 fully saturated rings. The third-order valence-electron chi connectivity index (χ3n) is 4.53. The molecule has 1 aromatic carbocycles. The van der Waals surface area contributed by atoms with Crippen molar-refractivity contribution in [1.82, 2.24) is 15.1 Å². The van der Waals surface area contributed by atoms with Crippen LogP contribution in [0.25, 0.3) is 0 Å². The molecule has 5 heteroatoms. The summed E-state index contributed by atoms with van der Waals surface area (Å²) in [6, 6.07) is 7.53. The van der Waals surface area contributed by atoms with Gasteiger partial charge in [0.2, 0.25) is 0 Å². The monoisotopic (exact) mass is 345 g/mol. The van der Waals surface area contributed by atoms with Gasteiger partial charge in [-0.2, -0.15) is 5.10 Å². The number of aliphatic hydroxyl groups excluding tert-OH is 1. The number of hydrogen-bond donors (Lipinski definition) is 2. The number of benzene rings is 1. The number of nitrogens with zero attached hydrogens (tertiary/aromatic N) is 2. The number of hydrogen-bond acceptors (Lipinski definition) is 4. The van der Waals surface area contributed by atoms with Crippen molar-refractivity contribution in [2.75, 3.05) is 7.11 Å². The van der Waals surface area contributed by atoms with E-state index in [1.54, 1.807) is 7.11 Å². The molecule has 2 aromatic rings. The van der Waals surface area contributed by atoms with Gasteiger partial charge in [0.05, 0.1) is 24.4 Å². The minimum absolute atomic E-state index is 0.0447. The molecule has 0 saturated carbocycles. The molecule has 0 spiro atoms. The Hall–Kier alpha value is -1.85. The maximum atomic E-state index is 10.6. The molecule has 5 nitrogen and oxygen atoms in total. The minimum atomic E-state index is -0.591. The summed E-state index contributed by atoms with van der Waals surface area (Å²) in [6.07, 6.45) is 1.51. The lowest BCUT2D eigenvalue weighted by Gasteiger charge is -2.25. The zero-order chi connectivity index (χ0) is 18.8. The second kappa shape index (κ2) is 7.58. The number of aliphatic hydroxyl groups is 1. The van der Waals surface area contributed by atoms with E-state index < -0.39 is 6.10 Å². The summed E-state index contributed by atoms with van der Waals surface area (Å²) >= 11 is 0. The first kappa shape index (κ1) is 19.5. The molecular formula is C20H31N3O2. The average Bonchev–Trinajstić information content (AvgIpc) is 2.96. The Morgan fingerprint density at radius 3 is 2.24 bits per heavy atom. The molecule has 0 amide bonds. The van der Waals surface area contributed by atoms with Crippen LogP contribution in [0.3, 0.4) is 0 Å². The topological polar surface area (TPSA) is 59.3 Å². The molecule has 138 valence electrons. The Labute approximate surface area is 151 Å². The van der Waals surface area contributed by atoms with Crippen molar-refractivity contribution in [3.05, 3.63) is 47.3 Å². The lowest BCUT2D eigenvalue weighted by Crippen LogP contribution is -2.34. The molecule has 2 N–H and O–H groups in total. The number of rotatable bonds is 6. The second-order valence-electron chi connectivity index (χ2n) is 7.68. The number of methoxy groups -OCH3 is 1. The van der Waals surface area contributed by atoms with Crippen LogP contribution in [0.2, 0.25) is 0 Å². The van der Waals surface area contributed by atoms with Crippen LogP contribution in [0.4, 0.5) is 0 Å². The van der Waals surface area contributed by atoms with E-state index in [0.29, 0.717) is 0 Å². The lowest BCUT2D eigenvalue weighted by molar-refractivity contribution is 0.130. The molecule has 25 heavy (non-hydrogen) atoms. The number of nitrogens with one attached hydrogen (secondary N) is 1. The van der Waals surface area contributed by atoms with Gasteiger partial charge in [-0.1, -0.05) is 12.1 Å². The van der Waals surface area contributed by atoms with Crippen molar-refractivity contribution >= 4 is 0 Å². The molecule has 2 rings (SSSR count). The van der Waals surface area contributed by atoms with E-state index in [9.17, 15) is 5.11 Å². The van der Waals surface area contributed by atoms with E-state index in [-0.39, 0.29) is 17.6 Å². The Kier molecular flexibility index (Phi) is 5.91. The zero-order valence-corrected chi connectivity index (χ0v) is 16.4. The van der Waals surface area contributed by atoms with E-state index >= 15 is 0 Å². The average molecular weight is 345 g/mol. The quantitative estimate of drug-likeness (QED) is 0.837. The predicted molar refractivity (Wildman–Crippen MR) is 101 cm³/mol. The van der Waals surface area contributed by atoms with E-state index in [1.165, 1.54) is 0 Å². The van der Waals surface area contributed by atoms with E-state index in [1.807, 2.05) is 42.8 Å². The van der Waals surface area contributed by atoms with Crippen molar-refractivity contribution in [3.63, 3.8) is 0 Å². The molecule has 0 radical (unpaired) electrons. The zero-order valence-electron chi connectivity index (χ0n) is 16.4. The van der Waals surface area contributed by atoms with Crippen LogP contribution in [-0.4, -0.2) is 28.0 Å². The van der Waals surface area contributed by atoms with Gasteiger partial charge in [-0.25, -0.2) is 0 Å². The molecule has 0 saturated heterocycles. The van der Waals surface area contributed by atoms with Crippen LogP contribution in [0.1, 0.15) is 63.6 Å². The molecule has 3 unspecified atom stereocenters. The molecule has 0 aliphatic rings. The molecular weight excluding hydrogens is 314 g/mol. The lowest BCUT2D eigenvalue weighted by atomic mass is 10.0. The fourth-order valence-electron chi connectivity index (χ4n) is 2.91. The Bertz CT molecular complexity index is 686. The fraction of sp³-hybridized carbons (Fsp3) is 0.550. The summed E-state index contributed by atoms with van der Waals surface area (Å²) in [6.45, 7) is 12.5. The summed E-state index contributed by atoms with van der Waals surface area (Å²) in [5.41, 5.74) is 3.00. The van der Waals surface area contributed by atoms with Crippen molar-refractivity contribution in [2.24, 2.45) is 0 Å². The largest absolute Gasteiger partial charge is 0.497 e. The highest BCUT2D eigenvalue weighted by atomic mass is 16.5. The van der Waals surface area contributed by atoms with Gasteiger partial charge in [-0.3, -0.25) is 4.68 Å². The maximum Gasteiger partial charge on any atom is 0.118 e. The molecule has 0 aliphatic heterocycles. The summed E-state index contributed by atoms with van der Waals surface area (Å²) < 4.78 is 7.17. The minimum Gasteiger partial charge on any atom is -0.497 e. The summed E-state index contributed by atoms with van der Waals surface area (Å²) in [5, 5.41) is 18.8. The first-order chi connectivity index (χ1) is 11.6. The summed E-state index contributed by atoms with van der Waals surface area (Å²) in [4.78, 5) is 0. The van der Waals surface area contributed by atoms with Crippen molar-refractivity contribution in [3.8, 4) is 5.75 Å². The van der Waals surface area contributed by atoms with Crippen LogP contribution in [0.5, 0.6) is 5.75 Å². The summed E-state index contributed by atoms with van der Waals surface area (Å²) in [7, 11) is 1.64. The Morgan fingerprint density at radius 2 is 1.76 bits per heavy atom. The van der Waals surface area contributed by atoms with E-state index in [2.05, 4.69) is 44.3 Å². The van der Waals surface area contributed by atoms with Gasteiger partial charge in [0.25, 0.3) is 0 Å². The molecule has 3 atom stereocenters. The molecule has 1 aromatic heterocycles. The van der Waals surface area contributed by atoms with Gasteiger partial charge in [0.15, 0.2) is 0 Å². The normalized spacial score (nSPS) is 15.7. The number of aromatic nitrogens is 2. The highest BCUT2D eigenvalue weighted by Gasteiger charge is 2.23. The van der Waals surface area contributed by atoms with Gasteiger partial charge in [0, 0.05) is 23.8 Å². The number of aryl methyl sites for hydroxylation is 1. The maximum absolute atomic E-state index is 10.6. The third-order valence-corrected chi connectivity index (χ3v) is 4.53. The third kappa shape index (κ3) is 4.61. The smallest absolute Gasteiger partial charge is 0.118 e. The van der Waals surface area contributed by atoms with Gasteiger partial charge in [-0.05, 0) is 59.2 Å². The molecule has 0 aliphatic carbocycles. The van der Waals surface area contributed by atoms with Crippen LogP contribution >= 0.6 is 0 Å². The van der Waals surface area contributed by atoms with Crippen molar-refractivity contribution in [1.29, 1.82) is 0 Å². The Balaban J connectivity index is 2.08.